The minimum absolute atomic E-state index is 0.0344. The lowest BCUT2D eigenvalue weighted by Gasteiger charge is -2.10. The molecule has 1 atom stereocenters. The molecule has 4 heteroatoms. The van der Waals surface area contributed by atoms with E-state index in [1.165, 1.54) is 19.3 Å². The Balaban J connectivity index is 2.42. The van der Waals surface area contributed by atoms with Gasteiger partial charge < -0.3 is 4.98 Å². The molecule has 0 bridgehead atoms. The Morgan fingerprint density at radius 3 is 2.81 bits per heavy atom. The monoisotopic (exact) mass is 224 g/mol. The highest BCUT2D eigenvalue weighted by Gasteiger charge is 2.17. The maximum Gasteiger partial charge on any atom is 0.212 e. The topological polar surface area (TPSA) is 58.9 Å². The maximum atomic E-state index is 10.6. The van der Waals surface area contributed by atoms with E-state index in [0.717, 1.165) is 18.5 Å². The fourth-order valence-electron chi connectivity index (χ4n) is 1.94. The first-order chi connectivity index (χ1) is 7.74. The molecule has 0 unspecified atom stereocenters. The predicted molar refractivity (Wildman–Crippen MR) is 64.2 cm³/mol. The number of aromatic nitrogens is 1. The molecule has 0 radical (unpaired) electrons. The van der Waals surface area contributed by atoms with E-state index < -0.39 is 0 Å². The van der Waals surface area contributed by atoms with Crippen LogP contribution in [0.25, 0.3) is 0 Å². The fourth-order valence-corrected chi connectivity index (χ4v) is 1.94. The van der Waals surface area contributed by atoms with Gasteiger partial charge in [-0.3, -0.25) is 10.1 Å². The molecule has 0 aliphatic carbocycles. The number of hydrogen-bond acceptors (Lipinski definition) is 2. The summed E-state index contributed by atoms with van der Waals surface area (Å²) in [6.07, 6.45) is 7.39. The van der Waals surface area contributed by atoms with Gasteiger partial charge in [0, 0.05) is 16.8 Å². The smallest absolute Gasteiger partial charge is 0.212 e. The lowest BCUT2D eigenvalue weighted by molar-refractivity contribution is -0.483. The molecule has 4 nitrogen and oxygen atoms in total. The van der Waals surface area contributed by atoms with Crippen molar-refractivity contribution in [2.45, 2.75) is 44.9 Å². The highest BCUT2D eigenvalue weighted by Crippen LogP contribution is 2.21. The molecule has 1 aromatic heterocycles. The third kappa shape index (κ3) is 4.47. The zero-order valence-corrected chi connectivity index (χ0v) is 9.82. The number of aromatic amines is 1. The summed E-state index contributed by atoms with van der Waals surface area (Å²) in [6.45, 7) is 2.20. The molecule has 0 aromatic carbocycles. The first-order valence-electron chi connectivity index (χ1n) is 5.99. The van der Waals surface area contributed by atoms with Crippen LogP contribution in [0.5, 0.6) is 0 Å². The Bertz CT molecular complexity index is 296. The van der Waals surface area contributed by atoms with Crippen molar-refractivity contribution in [3.05, 3.63) is 34.1 Å². The molecule has 90 valence electrons. The van der Waals surface area contributed by atoms with Crippen molar-refractivity contribution in [3.63, 3.8) is 0 Å². The Hall–Kier alpha value is -1.32. The summed E-state index contributed by atoms with van der Waals surface area (Å²) in [5.41, 5.74) is 0.994. The van der Waals surface area contributed by atoms with Gasteiger partial charge in [0.2, 0.25) is 6.54 Å². The van der Waals surface area contributed by atoms with Gasteiger partial charge in [0.25, 0.3) is 0 Å². The minimum Gasteiger partial charge on any atom is -0.365 e. The van der Waals surface area contributed by atoms with Crippen molar-refractivity contribution < 1.29 is 4.92 Å². The van der Waals surface area contributed by atoms with Crippen molar-refractivity contribution in [3.8, 4) is 0 Å². The maximum absolute atomic E-state index is 10.6. The second-order valence-electron chi connectivity index (χ2n) is 4.19. The van der Waals surface area contributed by atoms with Gasteiger partial charge in [0.05, 0.1) is 5.92 Å². The number of unbranched alkanes of at least 4 members (excludes halogenated alkanes) is 3. The summed E-state index contributed by atoms with van der Waals surface area (Å²) in [6, 6.07) is 3.84. The Morgan fingerprint density at radius 1 is 1.44 bits per heavy atom. The zero-order valence-electron chi connectivity index (χ0n) is 9.82. The number of hydrogen-bond donors (Lipinski definition) is 1. The molecule has 0 amide bonds. The van der Waals surface area contributed by atoms with Gasteiger partial charge >= 0.3 is 0 Å². The second kappa shape index (κ2) is 7.04. The summed E-state index contributed by atoms with van der Waals surface area (Å²) in [5.74, 6) is 0.0434. The fraction of sp³-hybridized carbons (Fsp3) is 0.667. The molecule has 0 aliphatic heterocycles. The lowest BCUT2D eigenvalue weighted by Crippen LogP contribution is -2.13. The van der Waals surface area contributed by atoms with E-state index >= 15 is 0 Å². The van der Waals surface area contributed by atoms with E-state index in [9.17, 15) is 10.1 Å². The van der Waals surface area contributed by atoms with Crippen LogP contribution < -0.4 is 0 Å². The number of nitro groups is 1. The minimum atomic E-state index is -0.217. The van der Waals surface area contributed by atoms with Gasteiger partial charge in [-0.05, 0) is 18.6 Å². The second-order valence-corrected chi connectivity index (χ2v) is 4.19. The summed E-state index contributed by atoms with van der Waals surface area (Å²) in [4.78, 5) is 13.4. The molecular weight excluding hydrogens is 204 g/mol. The molecule has 1 heterocycles. The highest BCUT2D eigenvalue weighted by atomic mass is 16.6. The van der Waals surface area contributed by atoms with E-state index in [0.29, 0.717) is 0 Å². The average Bonchev–Trinajstić information content (AvgIpc) is 2.75. The van der Waals surface area contributed by atoms with Crippen LogP contribution in [0.3, 0.4) is 0 Å². The van der Waals surface area contributed by atoms with E-state index in [4.69, 9.17) is 0 Å². The molecule has 1 rings (SSSR count). The number of H-pyrrole nitrogens is 1. The SMILES string of the molecule is CCCCCC[C@H](C[N+](=O)[O-])c1ccc[nH]1. The third-order valence-electron chi connectivity index (χ3n) is 2.84. The van der Waals surface area contributed by atoms with Crippen LogP contribution in [0.15, 0.2) is 18.3 Å². The van der Waals surface area contributed by atoms with Crippen LogP contribution >= 0.6 is 0 Å². The molecule has 16 heavy (non-hydrogen) atoms. The molecule has 0 saturated heterocycles. The van der Waals surface area contributed by atoms with E-state index in [2.05, 4.69) is 11.9 Å². The lowest BCUT2D eigenvalue weighted by atomic mass is 9.98. The van der Waals surface area contributed by atoms with Gasteiger partial charge in [-0.2, -0.15) is 0 Å². The zero-order chi connectivity index (χ0) is 11.8. The molecule has 0 spiro atoms. The first-order valence-corrected chi connectivity index (χ1v) is 5.99. The van der Waals surface area contributed by atoms with Gasteiger partial charge in [-0.25, -0.2) is 0 Å². The molecule has 0 aliphatic rings. The van der Waals surface area contributed by atoms with Crippen LogP contribution in [-0.2, 0) is 0 Å². The van der Waals surface area contributed by atoms with E-state index in [-0.39, 0.29) is 17.4 Å². The molecule has 0 fully saturated rings. The number of nitrogens with one attached hydrogen (secondary N) is 1. The Morgan fingerprint density at radius 2 is 2.25 bits per heavy atom. The molecule has 1 aromatic rings. The first kappa shape index (κ1) is 12.7. The number of nitrogens with zero attached hydrogens (tertiary/aromatic N) is 1. The van der Waals surface area contributed by atoms with Crippen LogP contribution in [0, 0.1) is 10.1 Å². The molecule has 1 N–H and O–H groups in total. The summed E-state index contributed by atoms with van der Waals surface area (Å²) in [7, 11) is 0. The van der Waals surface area contributed by atoms with Crippen molar-refractivity contribution in [2.24, 2.45) is 0 Å². The predicted octanol–water partition coefficient (Wildman–Crippen LogP) is 3.35. The standard InChI is InChI=1S/C12H20N2O2/c1-2-3-4-5-7-11(10-14(15)16)12-8-6-9-13-12/h6,8-9,11,13H,2-5,7,10H2,1H3/t11-/m1/s1. The van der Waals surface area contributed by atoms with Crippen molar-refractivity contribution in [1.29, 1.82) is 0 Å². The molecular formula is C12H20N2O2. The van der Waals surface area contributed by atoms with E-state index in [1.807, 2.05) is 18.3 Å². The number of rotatable bonds is 8. The van der Waals surface area contributed by atoms with Crippen LogP contribution in [0.2, 0.25) is 0 Å². The largest absolute Gasteiger partial charge is 0.365 e. The van der Waals surface area contributed by atoms with Gasteiger partial charge in [0.15, 0.2) is 0 Å². The van der Waals surface area contributed by atoms with Crippen molar-refractivity contribution in [2.75, 3.05) is 6.54 Å². The summed E-state index contributed by atoms with van der Waals surface area (Å²) < 4.78 is 0. The van der Waals surface area contributed by atoms with E-state index in [1.54, 1.807) is 0 Å². The Kier molecular flexibility index (Phi) is 5.61. The van der Waals surface area contributed by atoms with Crippen LogP contribution in [0.4, 0.5) is 0 Å². The van der Waals surface area contributed by atoms with Gasteiger partial charge in [0.1, 0.15) is 0 Å². The third-order valence-corrected chi connectivity index (χ3v) is 2.84. The summed E-state index contributed by atoms with van der Waals surface area (Å²) in [5, 5.41) is 10.6. The van der Waals surface area contributed by atoms with Gasteiger partial charge in [-0.1, -0.05) is 32.6 Å². The van der Waals surface area contributed by atoms with Gasteiger partial charge in [-0.15, -0.1) is 0 Å². The van der Waals surface area contributed by atoms with Crippen molar-refractivity contribution in [1.82, 2.24) is 4.98 Å². The van der Waals surface area contributed by atoms with Crippen LogP contribution in [-0.4, -0.2) is 16.5 Å². The normalized spacial score (nSPS) is 12.6. The molecule has 0 saturated carbocycles. The van der Waals surface area contributed by atoms with Crippen molar-refractivity contribution >= 4 is 0 Å². The average molecular weight is 224 g/mol. The summed E-state index contributed by atoms with van der Waals surface area (Å²) >= 11 is 0. The highest BCUT2D eigenvalue weighted by molar-refractivity contribution is 5.09. The Labute approximate surface area is 96.2 Å². The quantitative estimate of drug-likeness (QED) is 0.418. The van der Waals surface area contributed by atoms with Crippen LogP contribution in [0.1, 0.15) is 50.6 Å².